The van der Waals surface area contributed by atoms with E-state index in [0.717, 1.165) is 27.6 Å². The second kappa shape index (κ2) is 5.23. The summed E-state index contributed by atoms with van der Waals surface area (Å²) in [5.41, 5.74) is 3.31. The number of furan rings is 1. The van der Waals surface area contributed by atoms with Crippen LogP contribution in [-0.4, -0.2) is 18.3 Å². The number of fused-ring (bicyclic) bond motifs is 1. The Morgan fingerprint density at radius 3 is 2.12 bits per heavy atom. The first kappa shape index (κ1) is 15.5. The lowest BCUT2D eigenvalue weighted by Gasteiger charge is -2.32. The van der Waals surface area contributed by atoms with Crippen LogP contribution in [0.2, 0.25) is 0 Å². The van der Waals surface area contributed by atoms with Crippen LogP contribution in [0.15, 0.2) is 59.2 Å². The van der Waals surface area contributed by atoms with Crippen LogP contribution >= 0.6 is 0 Å². The molecule has 1 saturated heterocycles. The Hall–Kier alpha value is -2.04. The molecule has 1 fully saturated rings. The van der Waals surface area contributed by atoms with E-state index in [2.05, 4.69) is 58.0 Å². The Balaban J connectivity index is 1.80. The van der Waals surface area contributed by atoms with Gasteiger partial charge in [0.25, 0.3) is 0 Å². The smallest absolute Gasteiger partial charge is 0.464 e. The average molecular weight is 320 g/mol. The molecule has 4 rings (SSSR count). The molecule has 0 aliphatic carbocycles. The molecule has 1 aromatic heterocycles. The quantitative estimate of drug-likeness (QED) is 0.656. The summed E-state index contributed by atoms with van der Waals surface area (Å²) >= 11 is 0. The number of benzene rings is 2. The zero-order valence-corrected chi connectivity index (χ0v) is 14.5. The second-order valence-corrected chi connectivity index (χ2v) is 7.33. The summed E-state index contributed by atoms with van der Waals surface area (Å²) in [5, 5.41) is 1.04. The van der Waals surface area contributed by atoms with Crippen molar-refractivity contribution in [1.82, 2.24) is 0 Å². The van der Waals surface area contributed by atoms with Gasteiger partial charge in [0.05, 0.1) is 17.5 Å². The molecule has 0 atom stereocenters. The number of hydrogen-bond acceptors (Lipinski definition) is 3. The van der Waals surface area contributed by atoms with Crippen LogP contribution in [0.1, 0.15) is 27.7 Å². The van der Waals surface area contributed by atoms with Gasteiger partial charge in [-0.15, -0.1) is 0 Å². The summed E-state index contributed by atoms with van der Waals surface area (Å²) in [7, 11) is -0.415. The molecular formula is C20H21BO3. The number of rotatable bonds is 2. The molecule has 0 spiro atoms. The van der Waals surface area contributed by atoms with E-state index in [4.69, 9.17) is 13.7 Å². The van der Waals surface area contributed by atoms with Gasteiger partial charge in [-0.3, -0.25) is 0 Å². The number of para-hydroxylation sites is 1. The molecule has 122 valence electrons. The highest BCUT2D eigenvalue weighted by atomic mass is 16.7. The number of hydrogen-bond donors (Lipinski definition) is 0. The lowest BCUT2D eigenvalue weighted by Crippen LogP contribution is -2.41. The molecule has 3 aromatic rings. The van der Waals surface area contributed by atoms with Crippen molar-refractivity contribution in [2.45, 2.75) is 38.9 Å². The molecular weight excluding hydrogens is 299 g/mol. The van der Waals surface area contributed by atoms with Gasteiger partial charge in [-0.05, 0) is 33.3 Å². The van der Waals surface area contributed by atoms with E-state index in [1.807, 2.05) is 18.2 Å². The van der Waals surface area contributed by atoms with Gasteiger partial charge in [0.1, 0.15) is 5.58 Å². The van der Waals surface area contributed by atoms with Crippen LogP contribution in [0.4, 0.5) is 0 Å². The first-order chi connectivity index (χ1) is 11.4. The van der Waals surface area contributed by atoms with Crippen LogP contribution in [0.25, 0.3) is 22.1 Å². The van der Waals surface area contributed by atoms with Crippen molar-refractivity contribution in [3.05, 3.63) is 54.8 Å². The zero-order chi connectivity index (χ0) is 16.9. The van der Waals surface area contributed by atoms with Crippen molar-refractivity contribution < 1.29 is 13.7 Å². The second-order valence-electron chi connectivity index (χ2n) is 7.33. The maximum absolute atomic E-state index is 6.18. The molecule has 1 aliphatic rings. The van der Waals surface area contributed by atoms with Crippen LogP contribution in [0.3, 0.4) is 0 Å². The van der Waals surface area contributed by atoms with E-state index in [0.29, 0.717) is 0 Å². The summed E-state index contributed by atoms with van der Waals surface area (Å²) in [6.07, 6.45) is 1.76. The molecule has 4 heteroatoms. The summed E-state index contributed by atoms with van der Waals surface area (Å²) < 4.78 is 18.3. The highest BCUT2D eigenvalue weighted by Crippen LogP contribution is 2.38. The minimum atomic E-state index is -0.415. The Bertz CT molecular complexity index is 864. The minimum Gasteiger partial charge on any atom is -0.464 e. The molecule has 0 bridgehead atoms. The van der Waals surface area contributed by atoms with Crippen molar-refractivity contribution in [3.63, 3.8) is 0 Å². The molecule has 3 nitrogen and oxygen atoms in total. The minimum absolute atomic E-state index is 0.363. The summed E-state index contributed by atoms with van der Waals surface area (Å²) in [6.45, 7) is 8.24. The Morgan fingerprint density at radius 1 is 0.792 bits per heavy atom. The fourth-order valence-corrected chi connectivity index (χ4v) is 3.07. The van der Waals surface area contributed by atoms with Crippen molar-refractivity contribution in [1.29, 1.82) is 0 Å². The van der Waals surface area contributed by atoms with Crippen molar-refractivity contribution >= 4 is 23.6 Å². The Labute approximate surface area is 142 Å². The van der Waals surface area contributed by atoms with Gasteiger partial charge in [-0.25, -0.2) is 0 Å². The molecule has 2 aromatic carbocycles. The third-order valence-electron chi connectivity index (χ3n) is 5.22. The van der Waals surface area contributed by atoms with E-state index in [1.54, 1.807) is 6.26 Å². The van der Waals surface area contributed by atoms with E-state index in [1.165, 1.54) is 0 Å². The molecule has 2 heterocycles. The lowest BCUT2D eigenvalue weighted by atomic mass is 9.78. The summed E-state index contributed by atoms with van der Waals surface area (Å²) in [5.74, 6) is 0. The average Bonchev–Trinajstić information content (AvgIpc) is 3.06. The Morgan fingerprint density at radius 2 is 1.46 bits per heavy atom. The Kier molecular flexibility index (Phi) is 3.38. The molecule has 0 radical (unpaired) electrons. The van der Waals surface area contributed by atoms with Gasteiger partial charge in [0.2, 0.25) is 0 Å². The highest BCUT2D eigenvalue weighted by molar-refractivity contribution is 6.65. The highest BCUT2D eigenvalue weighted by Gasteiger charge is 2.52. The van der Waals surface area contributed by atoms with Gasteiger partial charge in [0.15, 0.2) is 0 Å². The van der Waals surface area contributed by atoms with Crippen LogP contribution in [0, 0.1) is 0 Å². The normalized spacial score (nSPS) is 19.1. The molecule has 0 saturated carbocycles. The van der Waals surface area contributed by atoms with Crippen LogP contribution < -0.4 is 5.46 Å². The topological polar surface area (TPSA) is 31.6 Å². The molecule has 0 N–H and O–H groups in total. The van der Waals surface area contributed by atoms with Crippen LogP contribution in [-0.2, 0) is 9.31 Å². The maximum Gasteiger partial charge on any atom is 0.498 e. The molecule has 0 amide bonds. The molecule has 1 aliphatic heterocycles. The van der Waals surface area contributed by atoms with Crippen molar-refractivity contribution in [2.75, 3.05) is 0 Å². The summed E-state index contributed by atoms with van der Waals surface area (Å²) in [4.78, 5) is 0. The monoisotopic (exact) mass is 320 g/mol. The summed E-state index contributed by atoms with van der Waals surface area (Å²) in [6, 6.07) is 16.5. The van der Waals surface area contributed by atoms with E-state index < -0.39 is 7.12 Å². The van der Waals surface area contributed by atoms with Gasteiger partial charge in [0, 0.05) is 16.4 Å². The van der Waals surface area contributed by atoms with Crippen molar-refractivity contribution in [3.8, 4) is 11.1 Å². The largest absolute Gasteiger partial charge is 0.498 e. The third-order valence-corrected chi connectivity index (χ3v) is 5.22. The predicted octanol–water partition coefficient (Wildman–Crippen LogP) is 4.40. The van der Waals surface area contributed by atoms with Gasteiger partial charge < -0.3 is 13.7 Å². The standard InChI is InChI=1S/C20H21BO3/c1-19(2)20(3,4)24-21(23-19)17-13-22-18-15(11-8-12-16(17)18)14-9-6-5-7-10-14/h5-13H,1-4H3. The maximum atomic E-state index is 6.18. The SMILES string of the molecule is CC1(C)OB(c2coc3c(-c4ccccc4)cccc23)OC1(C)C. The third kappa shape index (κ3) is 2.29. The van der Waals surface area contributed by atoms with Gasteiger partial charge in [-0.1, -0.05) is 48.5 Å². The predicted molar refractivity (Wildman–Crippen MR) is 97.4 cm³/mol. The van der Waals surface area contributed by atoms with Crippen molar-refractivity contribution in [2.24, 2.45) is 0 Å². The molecule has 0 unspecified atom stereocenters. The molecule has 24 heavy (non-hydrogen) atoms. The van der Waals surface area contributed by atoms with Gasteiger partial charge in [-0.2, -0.15) is 0 Å². The van der Waals surface area contributed by atoms with Gasteiger partial charge >= 0.3 is 7.12 Å². The van der Waals surface area contributed by atoms with Crippen LogP contribution in [0.5, 0.6) is 0 Å². The first-order valence-corrected chi connectivity index (χ1v) is 8.30. The first-order valence-electron chi connectivity index (χ1n) is 8.30. The fourth-order valence-electron chi connectivity index (χ4n) is 3.07. The van der Waals surface area contributed by atoms with E-state index in [-0.39, 0.29) is 11.2 Å². The lowest BCUT2D eigenvalue weighted by molar-refractivity contribution is 0.00578. The zero-order valence-electron chi connectivity index (χ0n) is 14.5. The fraction of sp³-hybridized carbons (Fsp3) is 0.300. The van der Waals surface area contributed by atoms with E-state index in [9.17, 15) is 0 Å². The van der Waals surface area contributed by atoms with E-state index >= 15 is 0 Å².